The Balaban J connectivity index is 1.44. The van der Waals surface area contributed by atoms with Gasteiger partial charge in [-0.05, 0) is 38.0 Å². The lowest BCUT2D eigenvalue weighted by atomic mass is 9.76. The van der Waals surface area contributed by atoms with Gasteiger partial charge in [0, 0.05) is 24.4 Å². The van der Waals surface area contributed by atoms with E-state index in [4.69, 9.17) is 0 Å². The molecule has 2 aliphatic heterocycles. The van der Waals surface area contributed by atoms with Crippen LogP contribution in [-0.4, -0.2) is 17.9 Å². The molecule has 2 atom stereocenters. The van der Waals surface area contributed by atoms with Crippen molar-refractivity contribution in [2.75, 3.05) is 0 Å². The van der Waals surface area contributed by atoms with Crippen LogP contribution < -0.4 is 5.32 Å². The Labute approximate surface area is 117 Å². The first-order valence-electron chi connectivity index (χ1n) is 8.60. The zero-order valence-electron chi connectivity index (χ0n) is 12.2. The second kappa shape index (κ2) is 6.39. The van der Waals surface area contributed by atoms with Crippen LogP contribution in [0.25, 0.3) is 0 Å². The van der Waals surface area contributed by atoms with Gasteiger partial charge in [0.2, 0.25) is 0 Å². The minimum atomic E-state index is 0.389. The molecule has 2 bridgehead atoms. The molecule has 2 heterocycles. The fourth-order valence-corrected chi connectivity index (χ4v) is 4.55. The fourth-order valence-electron chi connectivity index (χ4n) is 4.55. The van der Waals surface area contributed by atoms with Gasteiger partial charge in [-0.1, -0.05) is 38.5 Å². The Hall–Kier alpha value is -0.370. The SMILES string of the molecule is O=C(CCC1CCCCC1)C1CC2CCCC(C1)N2. The number of hydrogen-bond acceptors (Lipinski definition) is 2. The average Bonchev–Trinajstić information content (AvgIpc) is 2.45. The van der Waals surface area contributed by atoms with Gasteiger partial charge >= 0.3 is 0 Å². The van der Waals surface area contributed by atoms with E-state index in [-0.39, 0.29) is 0 Å². The highest BCUT2D eigenvalue weighted by Crippen LogP contribution is 2.32. The average molecular weight is 263 g/mol. The van der Waals surface area contributed by atoms with Crippen LogP contribution in [0.4, 0.5) is 0 Å². The van der Waals surface area contributed by atoms with Crippen molar-refractivity contribution in [3.05, 3.63) is 0 Å². The molecule has 3 aliphatic rings. The van der Waals surface area contributed by atoms with Gasteiger partial charge in [-0.25, -0.2) is 0 Å². The van der Waals surface area contributed by atoms with E-state index in [1.54, 1.807) is 0 Å². The number of hydrogen-bond donors (Lipinski definition) is 1. The van der Waals surface area contributed by atoms with E-state index in [1.165, 1.54) is 57.8 Å². The van der Waals surface area contributed by atoms with Gasteiger partial charge in [0.05, 0.1) is 0 Å². The van der Waals surface area contributed by atoms with Gasteiger partial charge in [-0.15, -0.1) is 0 Å². The molecule has 0 spiro atoms. The lowest BCUT2D eigenvalue weighted by molar-refractivity contribution is -0.125. The van der Waals surface area contributed by atoms with Crippen molar-refractivity contribution >= 4 is 5.78 Å². The number of rotatable bonds is 4. The molecule has 108 valence electrons. The fraction of sp³-hybridized carbons (Fsp3) is 0.941. The molecule has 0 aromatic heterocycles. The number of fused-ring (bicyclic) bond motifs is 2. The molecule has 0 radical (unpaired) electrons. The zero-order chi connectivity index (χ0) is 13.1. The van der Waals surface area contributed by atoms with Gasteiger partial charge in [-0.2, -0.15) is 0 Å². The van der Waals surface area contributed by atoms with E-state index in [2.05, 4.69) is 5.32 Å². The predicted octanol–water partition coefficient (Wildman–Crippen LogP) is 3.84. The standard InChI is InChI=1S/C17H29NO/c19-17(10-9-13-5-2-1-3-6-13)14-11-15-7-4-8-16(12-14)18-15/h13-16,18H,1-12H2. The van der Waals surface area contributed by atoms with Crippen LogP contribution in [0.1, 0.15) is 77.0 Å². The van der Waals surface area contributed by atoms with Crippen LogP contribution in [0.2, 0.25) is 0 Å². The molecule has 3 fully saturated rings. The van der Waals surface area contributed by atoms with Crippen molar-refractivity contribution in [3.63, 3.8) is 0 Å². The van der Waals surface area contributed by atoms with E-state index in [1.807, 2.05) is 0 Å². The zero-order valence-corrected chi connectivity index (χ0v) is 12.2. The summed E-state index contributed by atoms with van der Waals surface area (Å²) in [7, 11) is 0. The predicted molar refractivity (Wildman–Crippen MR) is 78.1 cm³/mol. The Bertz CT molecular complexity index is 296. The number of carbonyl (C=O) groups excluding carboxylic acids is 1. The number of piperidine rings is 2. The highest BCUT2D eigenvalue weighted by molar-refractivity contribution is 5.81. The summed E-state index contributed by atoms with van der Waals surface area (Å²) in [6.07, 6.45) is 15.2. The molecule has 1 aliphatic carbocycles. The molecule has 2 unspecified atom stereocenters. The first-order valence-corrected chi connectivity index (χ1v) is 8.60. The van der Waals surface area contributed by atoms with Crippen LogP contribution in [0.15, 0.2) is 0 Å². The third-order valence-electron chi connectivity index (χ3n) is 5.69. The van der Waals surface area contributed by atoms with Crippen molar-refractivity contribution in [2.24, 2.45) is 11.8 Å². The van der Waals surface area contributed by atoms with Gasteiger partial charge < -0.3 is 5.32 Å². The highest BCUT2D eigenvalue weighted by Gasteiger charge is 2.34. The monoisotopic (exact) mass is 263 g/mol. The van der Waals surface area contributed by atoms with E-state index < -0.39 is 0 Å². The third kappa shape index (κ3) is 3.59. The maximum atomic E-state index is 12.4. The van der Waals surface area contributed by atoms with Crippen molar-refractivity contribution in [1.82, 2.24) is 5.32 Å². The summed E-state index contributed by atoms with van der Waals surface area (Å²) in [6, 6.07) is 1.30. The van der Waals surface area contributed by atoms with Crippen molar-refractivity contribution in [1.29, 1.82) is 0 Å². The van der Waals surface area contributed by atoms with Crippen LogP contribution >= 0.6 is 0 Å². The normalized spacial score (nSPS) is 36.1. The number of carbonyl (C=O) groups is 1. The Morgan fingerprint density at radius 1 is 0.895 bits per heavy atom. The smallest absolute Gasteiger partial charge is 0.136 e. The largest absolute Gasteiger partial charge is 0.311 e. The van der Waals surface area contributed by atoms with Gasteiger partial charge in [-0.3, -0.25) is 4.79 Å². The topological polar surface area (TPSA) is 29.1 Å². The molecule has 2 heteroatoms. The third-order valence-corrected chi connectivity index (χ3v) is 5.69. The summed E-state index contributed by atoms with van der Waals surface area (Å²) in [4.78, 5) is 12.4. The second-order valence-electron chi connectivity index (χ2n) is 7.17. The molecular weight excluding hydrogens is 234 g/mol. The van der Waals surface area contributed by atoms with Crippen LogP contribution in [-0.2, 0) is 4.79 Å². The quantitative estimate of drug-likeness (QED) is 0.835. The Morgan fingerprint density at radius 2 is 1.58 bits per heavy atom. The van der Waals surface area contributed by atoms with Crippen LogP contribution in [0.3, 0.4) is 0 Å². The van der Waals surface area contributed by atoms with E-state index in [0.29, 0.717) is 23.8 Å². The van der Waals surface area contributed by atoms with Crippen molar-refractivity contribution in [3.8, 4) is 0 Å². The summed E-state index contributed by atoms with van der Waals surface area (Å²) in [6.45, 7) is 0. The molecule has 19 heavy (non-hydrogen) atoms. The molecular formula is C17H29NO. The van der Waals surface area contributed by atoms with E-state index >= 15 is 0 Å². The highest BCUT2D eigenvalue weighted by atomic mass is 16.1. The summed E-state index contributed by atoms with van der Waals surface area (Å²) in [5.74, 6) is 1.84. The molecule has 0 aromatic rings. The lowest BCUT2D eigenvalue weighted by Crippen LogP contribution is -2.50. The van der Waals surface area contributed by atoms with Gasteiger partial charge in [0.15, 0.2) is 0 Å². The summed E-state index contributed by atoms with van der Waals surface area (Å²) < 4.78 is 0. The molecule has 2 nitrogen and oxygen atoms in total. The Kier molecular flexibility index (Phi) is 4.57. The van der Waals surface area contributed by atoms with Crippen molar-refractivity contribution in [2.45, 2.75) is 89.1 Å². The first kappa shape index (κ1) is 13.6. The van der Waals surface area contributed by atoms with E-state index in [9.17, 15) is 4.79 Å². The minimum absolute atomic E-state index is 0.389. The van der Waals surface area contributed by atoms with Gasteiger partial charge in [0.1, 0.15) is 5.78 Å². The number of ketones is 1. The molecule has 0 aromatic carbocycles. The molecule has 1 N–H and O–H groups in total. The molecule has 3 rings (SSSR count). The summed E-state index contributed by atoms with van der Waals surface area (Å²) in [5, 5.41) is 3.69. The van der Waals surface area contributed by atoms with Crippen LogP contribution in [0, 0.1) is 11.8 Å². The Morgan fingerprint density at radius 3 is 2.26 bits per heavy atom. The second-order valence-corrected chi connectivity index (χ2v) is 7.17. The number of Topliss-reactive ketones (excluding diaryl/α,β-unsaturated/α-hetero) is 1. The molecule has 0 amide bonds. The maximum absolute atomic E-state index is 12.4. The summed E-state index contributed by atoms with van der Waals surface area (Å²) >= 11 is 0. The van der Waals surface area contributed by atoms with Gasteiger partial charge in [0.25, 0.3) is 0 Å². The maximum Gasteiger partial charge on any atom is 0.136 e. The molecule has 1 saturated carbocycles. The van der Waals surface area contributed by atoms with E-state index in [0.717, 1.165) is 25.2 Å². The van der Waals surface area contributed by atoms with Crippen molar-refractivity contribution < 1.29 is 4.79 Å². The number of nitrogens with one attached hydrogen (secondary N) is 1. The first-order chi connectivity index (χ1) is 9.31. The molecule has 2 saturated heterocycles. The minimum Gasteiger partial charge on any atom is -0.311 e. The lowest BCUT2D eigenvalue weighted by Gasteiger charge is -2.40. The summed E-state index contributed by atoms with van der Waals surface area (Å²) in [5.41, 5.74) is 0. The van der Waals surface area contributed by atoms with Crippen LogP contribution in [0.5, 0.6) is 0 Å².